The van der Waals surface area contributed by atoms with E-state index >= 15 is 0 Å². The third kappa shape index (κ3) is 3.12. The Hall–Kier alpha value is -0.860. The number of nitrogens with one attached hydrogen (secondary N) is 1. The second-order valence-corrected chi connectivity index (χ2v) is 6.47. The Balaban J connectivity index is 2.30. The van der Waals surface area contributed by atoms with Crippen molar-refractivity contribution in [2.24, 2.45) is 5.41 Å². The maximum Gasteiger partial charge on any atom is 0.0397 e. The van der Waals surface area contributed by atoms with E-state index in [2.05, 4.69) is 62.2 Å². The minimum absolute atomic E-state index is 0.269. The van der Waals surface area contributed by atoms with Crippen LogP contribution in [0.2, 0.25) is 0 Å². The van der Waals surface area contributed by atoms with Crippen molar-refractivity contribution in [1.82, 2.24) is 10.2 Å². The van der Waals surface area contributed by atoms with E-state index in [0.29, 0.717) is 6.04 Å². The third-order valence-electron chi connectivity index (χ3n) is 3.69. The van der Waals surface area contributed by atoms with Crippen LogP contribution in [0.15, 0.2) is 24.3 Å². The van der Waals surface area contributed by atoms with Gasteiger partial charge in [0.15, 0.2) is 0 Å². The fourth-order valence-electron chi connectivity index (χ4n) is 3.04. The molecule has 1 aliphatic heterocycles. The average molecular weight is 246 g/mol. The zero-order valence-corrected chi connectivity index (χ0v) is 12.2. The van der Waals surface area contributed by atoms with Crippen LogP contribution in [0, 0.1) is 12.3 Å². The molecular weight excluding hydrogens is 220 g/mol. The van der Waals surface area contributed by atoms with Crippen molar-refractivity contribution in [2.45, 2.75) is 33.7 Å². The van der Waals surface area contributed by atoms with E-state index in [1.807, 2.05) is 0 Å². The molecule has 0 aliphatic carbocycles. The van der Waals surface area contributed by atoms with Crippen LogP contribution in [0.1, 0.15) is 37.9 Å². The Morgan fingerprint density at radius 3 is 2.39 bits per heavy atom. The van der Waals surface area contributed by atoms with Crippen LogP contribution >= 0.6 is 0 Å². The first kappa shape index (κ1) is 13.6. The largest absolute Gasteiger partial charge is 0.314 e. The summed E-state index contributed by atoms with van der Waals surface area (Å²) in [7, 11) is 0. The van der Waals surface area contributed by atoms with Crippen LogP contribution < -0.4 is 5.32 Å². The van der Waals surface area contributed by atoms with E-state index in [0.717, 1.165) is 26.2 Å². The van der Waals surface area contributed by atoms with E-state index in [1.165, 1.54) is 11.1 Å². The zero-order chi connectivity index (χ0) is 13.2. The molecule has 18 heavy (non-hydrogen) atoms. The van der Waals surface area contributed by atoms with Gasteiger partial charge in [-0.25, -0.2) is 0 Å². The summed E-state index contributed by atoms with van der Waals surface area (Å²) >= 11 is 0. The van der Waals surface area contributed by atoms with Gasteiger partial charge in [0.05, 0.1) is 0 Å². The van der Waals surface area contributed by atoms with Crippen LogP contribution in [0.3, 0.4) is 0 Å². The van der Waals surface area contributed by atoms with Crippen molar-refractivity contribution in [3.8, 4) is 0 Å². The van der Waals surface area contributed by atoms with Crippen molar-refractivity contribution in [1.29, 1.82) is 0 Å². The van der Waals surface area contributed by atoms with Crippen LogP contribution in [0.25, 0.3) is 0 Å². The predicted molar refractivity (Wildman–Crippen MR) is 77.8 cm³/mol. The summed E-state index contributed by atoms with van der Waals surface area (Å²) in [6, 6.07) is 9.51. The van der Waals surface area contributed by atoms with Gasteiger partial charge >= 0.3 is 0 Å². The number of rotatable bonds is 2. The lowest BCUT2D eigenvalue weighted by molar-refractivity contribution is 0.0862. The lowest BCUT2D eigenvalue weighted by atomic mass is 9.80. The molecule has 1 saturated heterocycles. The molecule has 1 heterocycles. The first-order valence-corrected chi connectivity index (χ1v) is 7.00. The highest BCUT2D eigenvalue weighted by molar-refractivity contribution is 5.26. The molecule has 0 radical (unpaired) electrons. The Bertz CT molecular complexity index is 386. The van der Waals surface area contributed by atoms with Gasteiger partial charge in [0.25, 0.3) is 0 Å². The van der Waals surface area contributed by atoms with Crippen molar-refractivity contribution in [2.75, 3.05) is 26.2 Å². The summed E-state index contributed by atoms with van der Waals surface area (Å²) in [5, 5.41) is 3.44. The smallest absolute Gasteiger partial charge is 0.0397 e. The van der Waals surface area contributed by atoms with Crippen LogP contribution in [0.4, 0.5) is 0 Å². The molecule has 2 rings (SSSR count). The van der Waals surface area contributed by atoms with Crippen LogP contribution in [-0.2, 0) is 0 Å². The van der Waals surface area contributed by atoms with Gasteiger partial charge in [0.2, 0.25) is 0 Å². The average Bonchev–Trinajstić information content (AvgIpc) is 2.28. The number of hydrogen-bond acceptors (Lipinski definition) is 2. The van der Waals surface area contributed by atoms with Gasteiger partial charge in [-0.15, -0.1) is 0 Å². The second kappa shape index (κ2) is 5.41. The molecule has 0 unspecified atom stereocenters. The Morgan fingerprint density at radius 1 is 1.17 bits per heavy atom. The minimum atomic E-state index is 0.269. The lowest BCUT2D eigenvalue weighted by Crippen LogP contribution is -2.48. The highest BCUT2D eigenvalue weighted by Crippen LogP contribution is 2.38. The zero-order valence-electron chi connectivity index (χ0n) is 12.2. The topological polar surface area (TPSA) is 15.3 Å². The van der Waals surface area contributed by atoms with Gasteiger partial charge in [-0.1, -0.05) is 50.6 Å². The SMILES string of the molecule is Cc1cccc([C@@H](N2CCNCC2)C(C)(C)C)c1. The quantitative estimate of drug-likeness (QED) is 0.863. The van der Waals surface area contributed by atoms with E-state index < -0.39 is 0 Å². The molecule has 1 aliphatic rings. The molecule has 0 amide bonds. The molecule has 2 nitrogen and oxygen atoms in total. The molecule has 1 atom stereocenters. The Kier molecular flexibility index (Phi) is 4.08. The number of benzene rings is 1. The standard InChI is InChI=1S/C16H26N2/c1-13-6-5-7-14(12-13)15(16(2,3)4)18-10-8-17-9-11-18/h5-7,12,15,17H,8-11H2,1-4H3/t15-/m1/s1. The third-order valence-corrected chi connectivity index (χ3v) is 3.69. The second-order valence-electron chi connectivity index (χ2n) is 6.47. The summed E-state index contributed by atoms with van der Waals surface area (Å²) in [5.41, 5.74) is 3.09. The fourth-order valence-corrected chi connectivity index (χ4v) is 3.04. The van der Waals surface area contributed by atoms with E-state index in [-0.39, 0.29) is 5.41 Å². The molecule has 1 aromatic rings. The number of hydrogen-bond donors (Lipinski definition) is 1. The molecule has 0 saturated carbocycles. The molecule has 1 aromatic carbocycles. The summed E-state index contributed by atoms with van der Waals surface area (Å²) in [6.45, 7) is 13.7. The fraction of sp³-hybridized carbons (Fsp3) is 0.625. The predicted octanol–water partition coefficient (Wildman–Crippen LogP) is 2.99. The summed E-state index contributed by atoms with van der Waals surface area (Å²) in [5.74, 6) is 0. The van der Waals surface area contributed by atoms with Gasteiger partial charge in [-0.05, 0) is 17.9 Å². The van der Waals surface area contributed by atoms with Gasteiger partial charge < -0.3 is 5.32 Å². The number of aryl methyl sites for hydroxylation is 1. The Labute approximate surface area is 111 Å². The van der Waals surface area contributed by atoms with Crippen LogP contribution in [0.5, 0.6) is 0 Å². The van der Waals surface area contributed by atoms with Gasteiger partial charge in [-0.3, -0.25) is 4.90 Å². The molecule has 100 valence electrons. The van der Waals surface area contributed by atoms with Crippen molar-refractivity contribution in [3.63, 3.8) is 0 Å². The number of piperazine rings is 1. The highest BCUT2D eigenvalue weighted by atomic mass is 15.2. The maximum absolute atomic E-state index is 3.44. The highest BCUT2D eigenvalue weighted by Gasteiger charge is 2.32. The summed E-state index contributed by atoms with van der Waals surface area (Å²) in [6.07, 6.45) is 0. The van der Waals surface area contributed by atoms with Crippen molar-refractivity contribution < 1.29 is 0 Å². The normalized spacial score (nSPS) is 19.8. The summed E-state index contributed by atoms with van der Waals surface area (Å²) in [4.78, 5) is 2.63. The molecule has 0 bridgehead atoms. The molecule has 1 N–H and O–H groups in total. The molecule has 2 heteroatoms. The molecule has 0 aromatic heterocycles. The molecule has 0 spiro atoms. The molecule has 1 fully saturated rings. The van der Waals surface area contributed by atoms with E-state index in [9.17, 15) is 0 Å². The van der Waals surface area contributed by atoms with Crippen molar-refractivity contribution in [3.05, 3.63) is 35.4 Å². The minimum Gasteiger partial charge on any atom is -0.314 e. The maximum atomic E-state index is 3.44. The van der Waals surface area contributed by atoms with Gasteiger partial charge in [-0.2, -0.15) is 0 Å². The first-order chi connectivity index (χ1) is 8.48. The van der Waals surface area contributed by atoms with Gasteiger partial charge in [0.1, 0.15) is 0 Å². The van der Waals surface area contributed by atoms with E-state index in [4.69, 9.17) is 0 Å². The lowest BCUT2D eigenvalue weighted by Gasteiger charge is -2.42. The summed E-state index contributed by atoms with van der Waals surface area (Å²) < 4.78 is 0. The monoisotopic (exact) mass is 246 g/mol. The van der Waals surface area contributed by atoms with Crippen LogP contribution in [-0.4, -0.2) is 31.1 Å². The van der Waals surface area contributed by atoms with E-state index in [1.54, 1.807) is 0 Å². The number of nitrogens with zero attached hydrogens (tertiary/aromatic N) is 1. The van der Waals surface area contributed by atoms with Crippen molar-refractivity contribution >= 4 is 0 Å². The first-order valence-electron chi connectivity index (χ1n) is 7.00. The van der Waals surface area contributed by atoms with Gasteiger partial charge in [0, 0.05) is 32.2 Å². The Morgan fingerprint density at radius 2 is 1.83 bits per heavy atom. The molecular formula is C16H26N2.